The molecular weight excluding hydrogens is 499 g/mol. The minimum atomic E-state index is -0.305. The van der Waals surface area contributed by atoms with Gasteiger partial charge in [0, 0.05) is 18.5 Å². The maximum Gasteiger partial charge on any atom is 0.350 e. The monoisotopic (exact) mass is 528 g/mol. The second-order valence-corrected chi connectivity index (χ2v) is 7.91. The molecule has 0 bridgehead atoms. The molecule has 1 aromatic carbocycles. The van der Waals surface area contributed by atoms with Crippen molar-refractivity contribution >= 4 is 47.2 Å². The number of thiazole rings is 1. The number of aryl methyl sites for hydroxylation is 1. The molecule has 3 atom stereocenters. The minimum absolute atomic E-state index is 0. The summed E-state index contributed by atoms with van der Waals surface area (Å²) in [5.41, 5.74) is 2.07. The van der Waals surface area contributed by atoms with Gasteiger partial charge in [-0.3, -0.25) is 4.99 Å². The SMILES string of the molecule is CCN=C(NC(C)c1nc(C)c(C(=O)OCC)s1)NC1CC1c1ccccc1.I. The van der Waals surface area contributed by atoms with E-state index in [2.05, 4.69) is 44.9 Å². The number of aromatic nitrogens is 1. The van der Waals surface area contributed by atoms with Crippen LogP contribution in [0.2, 0.25) is 0 Å². The van der Waals surface area contributed by atoms with E-state index in [0.717, 1.165) is 17.4 Å². The van der Waals surface area contributed by atoms with Gasteiger partial charge in [-0.15, -0.1) is 35.3 Å². The van der Waals surface area contributed by atoms with Gasteiger partial charge >= 0.3 is 5.97 Å². The van der Waals surface area contributed by atoms with E-state index in [4.69, 9.17) is 4.74 Å². The number of carbonyl (C=O) groups excluding carboxylic acids is 1. The smallest absolute Gasteiger partial charge is 0.350 e. The van der Waals surface area contributed by atoms with Crippen molar-refractivity contribution in [2.45, 2.75) is 52.1 Å². The van der Waals surface area contributed by atoms with Crippen molar-refractivity contribution in [2.75, 3.05) is 13.2 Å². The molecule has 1 saturated carbocycles. The van der Waals surface area contributed by atoms with Crippen LogP contribution < -0.4 is 10.6 Å². The van der Waals surface area contributed by atoms with Crippen molar-refractivity contribution in [3.8, 4) is 0 Å². The molecular formula is C21H29IN4O2S. The first kappa shape index (κ1) is 23.6. The number of hydrogen-bond donors (Lipinski definition) is 2. The topological polar surface area (TPSA) is 75.6 Å². The summed E-state index contributed by atoms with van der Waals surface area (Å²) in [6.45, 7) is 8.74. The first-order valence-electron chi connectivity index (χ1n) is 9.80. The Labute approximate surface area is 193 Å². The van der Waals surface area contributed by atoms with E-state index in [1.54, 1.807) is 6.92 Å². The number of guanidine groups is 1. The molecule has 158 valence electrons. The van der Waals surface area contributed by atoms with Gasteiger partial charge in [-0.05, 0) is 39.7 Å². The summed E-state index contributed by atoms with van der Waals surface area (Å²) in [6.07, 6.45) is 1.10. The Morgan fingerprint density at radius 1 is 1.34 bits per heavy atom. The molecule has 1 aliphatic carbocycles. The Morgan fingerprint density at radius 2 is 2.07 bits per heavy atom. The van der Waals surface area contributed by atoms with E-state index in [9.17, 15) is 4.79 Å². The standard InChI is InChI=1S/C21H28N4O2S.HI/c1-5-22-21(25-17-12-16(17)15-10-8-7-9-11-15)24-14(4)19-23-13(3)18(28-19)20(26)27-6-2;/h7-11,14,16-17H,5-6,12H2,1-4H3,(H2,22,24,25);1H. The molecule has 1 heterocycles. The minimum Gasteiger partial charge on any atom is -0.462 e. The van der Waals surface area contributed by atoms with Gasteiger partial charge in [-0.2, -0.15) is 0 Å². The molecule has 0 spiro atoms. The highest BCUT2D eigenvalue weighted by molar-refractivity contribution is 14.0. The molecule has 0 radical (unpaired) electrons. The Morgan fingerprint density at radius 3 is 2.72 bits per heavy atom. The van der Waals surface area contributed by atoms with E-state index in [0.29, 0.717) is 35.7 Å². The summed E-state index contributed by atoms with van der Waals surface area (Å²) >= 11 is 1.38. The van der Waals surface area contributed by atoms with Gasteiger partial charge in [0.2, 0.25) is 0 Å². The maximum atomic E-state index is 12.0. The van der Waals surface area contributed by atoms with Crippen LogP contribution in [-0.2, 0) is 4.74 Å². The van der Waals surface area contributed by atoms with E-state index < -0.39 is 0 Å². The normalized spacial score (nSPS) is 19.1. The summed E-state index contributed by atoms with van der Waals surface area (Å²) in [5.74, 6) is 1.00. The first-order chi connectivity index (χ1) is 13.5. The van der Waals surface area contributed by atoms with E-state index in [-0.39, 0.29) is 36.0 Å². The first-order valence-corrected chi connectivity index (χ1v) is 10.6. The molecule has 0 amide bonds. The zero-order valence-corrected chi connectivity index (χ0v) is 20.4. The number of aliphatic imine (C=N–C) groups is 1. The average molecular weight is 528 g/mol. The molecule has 2 N–H and O–H groups in total. The zero-order valence-electron chi connectivity index (χ0n) is 17.3. The third-order valence-corrected chi connectivity index (χ3v) is 5.97. The molecule has 3 rings (SSSR count). The number of carbonyl (C=O) groups is 1. The number of nitrogens with zero attached hydrogens (tertiary/aromatic N) is 2. The fourth-order valence-electron chi connectivity index (χ4n) is 3.15. The zero-order chi connectivity index (χ0) is 20.1. The van der Waals surface area contributed by atoms with Crippen LogP contribution in [0, 0.1) is 6.92 Å². The van der Waals surface area contributed by atoms with E-state index >= 15 is 0 Å². The van der Waals surface area contributed by atoms with Crippen molar-refractivity contribution in [3.63, 3.8) is 0 Å². The fourth-order valence-corrected chi connectivity index (χ4v) is 4.11. The number of halogens is 1. The lowest BCUT2D eigenvalue weighted by atomic mass is 10.1. The molecule has 3 unspecified atom stereocenters. The van der Waals surface area contributed by atoms with Crippen LogP contribution in [-0.4, -0.2) is 36.1 Å². The highest BCUT2D eigenvalue weighted by Crippen LogP contribution is 2.40. The predicted octanol–water partition coefficient (Wildman–Crippen LogP) is 4.42. The molecule has 1 aromatic heterocycles. The van der Waals surface area contributed by atoms with Crippen LogP contribution in [0.25, 0.3) is 0 Å². The van der Waals surface area contributed by atoms with Gasteiger partial charge in [0.05, 0.1) is 18.3 Å². The van der Waals surface area contributed by atoms with Gasteiger partial charge in [0.1, 0.15) is 9.88 Å². The number of benzene rings is 1. The van der Waals surface area contributed by atoms with Crippen LogP contribution in [0.1, 0.15) is 65.1 Å². The van der Waals surface area contributed by atoms with Gasteiger partial charge in [-0.25, -0.2) is 9.78 Å². The molecule has 0 saturated heterocycles. The molecule has 6 nitrogen and oxygen atoms in total. The number of rotatable bonds is 7. The maximum absolute atomic E-state index is 12.0. The van der Waals surface area contributed by atoms with Crippen LogP contribution in [0.5, 0.6) is 0 Å². The summed E-state index contributed by atoms with van der Waals surface area (Å²) in [6, 6.07) is 10.9. The van der Waals surface area contributed by atoms with Gasteiger partial charge < -0.3 is 15.4 Å². The van der Waals surface area contributed by atoms with Gasteiger partial charge in [0.25, 0.3) is 0 Å². The van der Waals surface area contributed by atoms with Crippen LogP contribution in [0.3, 0.4) is 0 Å². The summed E-state index contributed by atoms with van der Waals surface area (Å²) in [4.78, 5) is 21.7. The Bertz CT molecular complexity index is 840. The highest BCUT2D eigenvalue weighted by atomic mass is 127. The van der Waals surface area contributed by atoms with Crippen molar-refractivity contribution in [1.82, 2.24) is 15.6 Å². The number of nitrogens with one attached hydrogen (secondary N) is 2. The second-order valence-electron chi connectivity index (χ2n) is 6.88. The lowest BCUT2D eigenvalue weighted by Crippen LogP contribution is -2.40. The number of hydrogen-bond acceptors (Lipinski definition) is 5. The summed E-state index contributed by atoms with van der Waals surface area (Å²) in [7, 11) is 0. The third-order valence-electron chi connectivity index (χ3n) is 4.65. The summed E-state index contributed by atoms with van der Waals surface area (Å²) in [5, 5.41) is 7.80. The average Bonchev–Trinajstić information content (AvgIpc) is 3.33. The summed E-state index contributed by atoms with van der Waals surface area (Å²) < 4.78 is 5.11. The number of esters is 1. The van der Waals surface area contributed by atoms with Crippen LogP contribution in [0.15, 0.2) is 35.3 Å². The molecule has 8 heteroatoms. The van der Waals surface area contributed by atoms with E-state index in [1.165, 1.54) is 16.9 Å². The molecule has 29 heavy (non-hydrogen) atoms. The lowest BCUT2D eigenvalue weighted by molar-refractivity contribution is 0.0531. The fraction of sp³-hybridized carbons (Fsp3) is 0.476. The lowest BCUT2D eigenvalue weighted by Gasteiger charge is -2.17. The van der Waals surface area contributed by atoms with Crippen molar-refractivity contribution in [1.29, 1.82) is 0 Å². The van der Waals surface area contributed by atoms with Crippen molar-refractivity contribution in [3.05, 3.63) is 51.5 Å². The van der Waals surface area contributed by atoms with E-state index in [1.807, 2.05) is 26.8 Å². The largest absolute Gasteiger partial charge is 0.462 e. The van der Waals surface area contributed by atoms with Gasteiger partial charge in [0.15, 0.2) is 5.96 Å². The van der Waals surface area contributed by atoms with Crippen molar-refractivity contribution < 1.29 is 9.53 Å². The van der Waals surface area contributed by atoms with Crippen LogP contribution in [0.4, 0.5) is 0 Å². The third kappa shape index (κ3) is 6.15. The molecule has 0 aliphatic heterocycles. The predicted molar refractivity (Wildman–Crippen MR) is 128 cm³/mol. The van der Waals surface area contributed by atoms with Gasteiger partial charge in [-0.1, -0.05) is 30.3 Å². The Hall–Kier alpha value is -1.68. The Kier molecular flexibility index (Phi) is 8.88. The Balaban J connectivity index is 0.00000300. The van der Waals surface area contributed by atoms with Crippen molar-refractivity contribution in [2.24, 2.45) is 4.99 Å². The highest BCUT2D eigenvalue weighted by Gasteiger charge is 2.39. The molecule has 1 fully saturated rings. The quantitative estimate of drug-likeness (QED) is 0.241. The number of ether oxygens (including phenoxy) is 1. The second kappa shape index (κ2) is 10.9. The van der Waals surface area contributed by atoms with Crippen LogP contribution >= 0.6 is 35.3 Å². The molecule has 2 aromatic rings. The molecule has 1 aliphatic rings.